The molecule has 4 rings (SSSR count). The number of carboxylic acids is 1. The smallest absolute Gasteiger partial charge is 0.326 e. The summed E-state index contributed by atoms with van der Waals surface area (Å²) < 4.78 is 17.1. The molecule has 2 atom stereocenters. The number of unbranched alkanes of at least 4 members (excludes halogenated alkanes) is 2. The number of carbonyl (C=O) groups excluding carboxylic acids is 2. The molecule has 0 saturated carbocycles. The molecule has 11 heteroatoms. The number of fused-ring (bicyclic) bond motifs is 3. The van der Waals surface area contributed by atoms with Gasteiger partial charge in [0.1, 0.15) is 6.04 Å². The Balaban J connectivity index is 1.45. The van der Waals surface area contributed by atoms with Gasteiger partial charge in [0.15, 0.2) is 11.5 Å². The van der Waals surface area contributed by atoms with Crippen LogP contribution in [0, 0.1) is 0 Å². The van der Waals surface area contributed by atoms with Crippen LogP contribution in [0.1, 0.15) is 61.8 Å². The molecule has 47 heavy (non-hydrogen) atoms. The number of amides is 2. The summed E-state index contributed by atoms with van der Waals surface area (Å²) in [6.45, 7) is 1.95. The summed E-state index contributed by atoms with van der Waals surface area (Å²) in [7, 11) is 4.66. The summed E-state index contributed by atoms with van der Waals surface area (Å²) in [6.07, 6.45) is 3.57. The van der Waals surface area contributed by atoms with Gasteiger partial charge < -0.3 is 35.3 Å². The van der Waals surface area contributed by atoms with Crippen LogP contribution in [0.4, 0.5) is 5.69 Å². The maximum atomic E-state index is 13.5. The first kappa shape index (κ1) is 34.8. The summed E-state index contributed by atoms with van der Waals surface area (Å²) in [5.74, 6) is -0.127. The zero-order valence-corrected chi connectivity index (χ0v) is 27.3. The van der Waals surface area contributed by atoms with Crippen LogP contribution in [-0.4, -0.2) is 56.8 Å². The summed E-state index contributed by atoms with van der Waals surface area (Å²) >= 11 is 0. The highest BCUT2D eigenvalue weighted by atomic mass is 16.5. The van der Waals surface area contributed by atoms with E-state index < -0.39 is 18.1 Å². The van der Waals surface area contributed by atoms with Crippen molar-refractivity contribution in [3.8, 4) is 28.4 Å². The molecule has 1 aliphatic rings. The second-order valence-corrected chi connectivity index (χ2v) is 11.5. The molecule has 3 aromatic carbocycles. The largest absolute Gasteiger partial charge is 0.493 e. The number of rotatable bonds is 15. The van der Waals surface area contributed by atoms with Gasteiger partial charge in [-0.05, 0) is 66.1 Å². The maximum absolute atomic E-state index is 13.5. The first-order chi connectivity index (χ1) is 22.7. The molecule has 0 bridgehead atoms. The molecular formula is C36H43N3O8. The summed E-state index contributed by atoms with van der Waals surface area (Å²) in [5.41, 5.74) is 4.18. The second-order valence-electron chi connectivity index (χ2n) is 11.5. The number of ether oxygens (including phenoxy) is 3. The third-order valence-corrected chi connectivity index (χ3v) is 8.23. The minimum absolute atomic E-state index is 0.199. The van der Waals surface area contributed by atoms with Crippen LogP contribution in [0.3, 0.4) is 0 Å². The fraction of sp³-hybridized carbons (Fsp3) is 0.389. The van der Waals surface area contributed by atoms with Crippen LogP contribution < -0.4 is 35.6 Å². The van der Waals surface area contributed by atoms with Crippen molar-refractivity contribution in [1.29, 1.82) is 0 Å². The first-order valence-corrected chi connectivity index (χ1v) is 15.7. The van der Waals surface area contributed by atoms with Crippen molar-refractivity contribution in [2.75, 3.05) is 33.2 Å². The van der Waals surface area contributed by atoms with Crippen molar-refractivity contribution < 1.29 is 33.7 Å². The van der Waals surface area contributed by atoms with Crippen molar-refractivity contribution in [3.05, 3.63) is 81.5 Å². The average molecular weight is 646 g/mol. The molecule has 0 heterocycles. The first-order valence-electron chi connectivity index (χ1n) is 15.7. The Hall–Kier alpha value is -5.06. The van der Waals surface area contributed by atoms with E-state index in [4.69, 9.17) is 14.2 Å². The van der Waals surface area contributed by atoms with E-state index >= 15 is 0 Å². The molecule has 2 amide bonds. The molecule has 0 fully saturated rings. The Morgan fingerprint density at radius 3 is 2.34 bits per heavy atom. The molecule has 0 aliphatic heterocycles. The van der Waals surface area contributed by atoms with Crippen LogP contribution in [-0.2, 0) is 27.2 Å². The van der Waals surface area contributed by atoms with Gasteiger partial charge in [0, 0.05) is 31.9 Å². The number of aliphatic carboxylic acids is 1. The van der Waals surface area contributed by atoms with Crippen molar-refractivity contribution in [2.24, 2.45) is 0 Å². The Morgan fingerprint density at radius 1 is 0.936 bits per heavy atom. The number of anilines is 1. The summed E-state index contributed by atoms with van der Waals surface area (Å²) in [6, 6.07) is 14.9. The number of methoxy groups -OCH3 is 3. The monoisotopic (exact) mass is 645 g/mol. The van der Waals surface area contributed by atoms with E-state index in [1.54, 1.807) is 33.5 Å². The highest BCUT2D eigenvalue weighted by Crippen LogP contribution is 2.50. The molecule has 11 nitrogen and oxygen atoms in total. The van der Waals surface area contributed by atoms with Crippen LogP contribution in [0.25, 0.3) is 11.1 Å². The van der Waals surface area contributed by atoms with E-state index in [1.165, 1.54) is 6.92 Å². The number of hydrogen-bond acceptors (Lipinski definition) is 8. The number of nitrogens with one attached hydrogen (secondary N) is 3. The van der Waals surface area contributed by atoms with E-state index in [0.717, 1.165) is 22.3 Å². The molecular weight excluding hydrogens is 602 g/mol. The summed E-state index contributed by atoms with van der Waals surface area (Å²) in [4.78, 5) is 49.8. The maximum Gasteiger partial charge on any atom is 0.326 e. The van der Waals surface area contributed by atoms with E-state index in [1.807, 2.05) is 42.5 Å². The zero-order chi connectivity index (χ0) is 33.9. The molecule has 1 aliphatic carbocycles. The molecule has 250 valence electrons. The van der Waals surface area contributed by atoms with Crippen LogP contribution in [0.5, 0.6) is 17.2 Å². The van der Waals surface area contributed by atoms with E-state index in [9.17, 15) is 24.3 Å². The lowest BCUT2D eigenvalue weighted by atomic mass is 9.95. The standard InChI is InChI=1S/C36H43N3O8/c1-22(40)38-27-16-14-24-20-31(45-2)34(46-3)35(47-4)33(24)25-15-17-28(30(41)21-26(25)27)37-18-10-6-9-13-32(42)39-29(36(43)44)19-23-11-7-5-8-12-23/h5,7-8,11-12,15,17,20-21,27,29H,6,9-10,13-14,16,18-19H2,1-4H3,(H,37,41)(H,38,40)(H,39,42)(H,43,44)/t27-,29-/m0/s1. The van der Waals surface area contributed by atoms with Crippen molar-refractivity contribution >= 4 is 23.5 Å². The number of hydrogen-bond donors (Lipinski definition) is 4. The topological polar surface area (TPSA) is 152 Å². The van der Waals surface area contributed by atoms with E-state index in [0.29, 0.717) is 67.1 Å². The van der Waals surface area contributed by atoms with Crippen LogP contribution in [0.15, 0.2) is 59.4 Å². The van der Waals surface area contributed by atoms with Gasteiger partial charge in [-0.25, -0.2) is 4.79 Å². The highest BCUT2D eigenvalue weighted by molar-refractivity contribution is 5.84. The quantitative estimate of drug-likeness (QED) is 0.173. The molecule has 0 aromatic heterocycles. The van der Waals surface area contributed by atoms with Gasteiger partial charge in [-0.2, -0.15) is 0 Å². The van der Waals surface area contributed by atoms with Gasteiger partial charge >= 0.3 is 5.97 Å². The Morgan fingerprint density at radius 2 is 1.68 bits per heavy atom. The van der Waals surface area contributed by atoms with Gasteiger partial charge in [-0.1, -0.05) is 42.8 Å². The molecule has 0 radical (unpaired) electrons. The minimum atomic E-state index is -1.07. The lowest BCUT2D eigenvalue weighted by Gasteiger charge is -2.19. The zero-order valence-electron chi connectivity index (χ0n) is 27.3. The number of aryl methyl sites for hydroxylation is 1. The number of carbonyl (C=O) groups is 3. The molecule has 4 N–H and O–H groups in total. The molecule has 0 saturated heterocycles. The van der Waals surface area contributed by atoms with Crippen LogP contribution in [0.2, 0.25) is 0 Å². The second kappa shape index (κ2) is 16.5. The number of benzene rings is 2. The highest BCUT2D eigenvalue weighted by Gasteiger charge is 2.29. The average Bonchev–Trinajstić information content (AvgIpc) is 3.29. The predicted octanol–water partition coefficient (Wildman–Crippen LogP) is 4.65. The molecule has 0 unspecified atom stereocenters. The van der Waals surface area contributed by atoms with Crippen LogP contribution >= 0.6 is 0 Å². The number of carboxylic acid groups (broad SMARTS) is 1. The minimum Gasteiger partial charge on any atom is -0.493 e. The normalized spacial score (nSPS) is 14.0. The van der Waals surface area contributed by atoms with E-state index in [-0.39, 0.29) is 30.1 Å². The predicted molar refractivity (Wildman–Crippen MR) is 179 cm³/mol. The third-order valence-electron chi connectivity index (χ3n) is 8.23. The van der Waals surface area contributed by atoms with Gasteiger partial charge in [0.05, 0.1) is 33.1 Å². The fourth-order valence-corrected chi connectivity index (χ4v) is 5.98. The van der Waals surface area contributed by atoms with Crippen molar-refractivity contribution in [2.45, 2.75) is 64.0 Å². The van der Waals surface area contributed by atoms with Gasteiger partial charge in [0.25, 0.3) is 0 Å². The Kier molecular flexibility index (Phi) is 12.2. The third kappa shape index (κ3) is 8.81. The lowest BCUT2D eigenvalue weighted by molar-refractivity contribution is -0.141. The Bertz CT molecular complexity index is 1640. The SMILES string of the molecule is COc1cc2c(c(OC)c1OC)-c1ccc(NCCCCCC(=O)N[C@@H](Cc3ccccc3)C(=O)O)c(=O)cc1[C@@H](NC(C)=O)CC2. The van der Waals surface area contributed by atoms with Crippen molar-refractivity contribution in [1.82, 2.24) is 10.6 Å². The van der Waals surface area contributed by atoms with Gasteiger partial charge in [0.2, 0.25) is 23.0 Å². The fourth-order valence-electron chi connectivity index (χ4n) is 5.98. The molecule has 0 spiro atoms. The summed E-state index contributed by atoms with van der Waals surface area (Å²) in [5, 5.41) is 18.4. The van der Waals surface area contributed by atoms with Crippen molar-refractivity contribution in [3.63, 3.8) is 0 Å². The molecule has 3 aromatic rings. The Labute approximate surface area is 274 Å². The lowest BCUT2D eigenvalue weighted by Crippen LogP contribution is -2.42. The van der Waals surface area contributed by atoms with E-state index in [2.05, 4.69) is 16.0 Å². The van der Waals surface area contributed by atoms with Gasteiger partial charge in [-0.15, -0.1) is 0 Å². The van der Waals surface area contributed by atoms with Gasteiger partial charge in [-0.3, -0.25) is 14.4 Å².